The molecular weight excluding hydrogens is 256 g/mol. The van der Waals surface area contributed by atoms with E-state index in [1.165, 1.54) is 0 Å². The van der Waals surface area contributed by atoms with Gasteiger partial charge in [0.25, 0.3) is 0 Å². The van der Waals surface area contributed by atoms with E-state index in [1.54, 1.807) is 0 Å². The zero-order valence-electron chi connectivity index (χ0n) is 14.2. The summed E-state index contributed by atoms with van der Waals surface area (Å²) >= 11 is 0. The fourth-order valence-corrected chi connectivity index (χ4v) is 3.05. The van der Waals surface area contributed by atoms with E-state index in [9.17, 15) is 5.11 Å². The first-order chi connectivity index (χ1) is 9.59. The van der Waals surface area contributed by atoms with Crippen molar-refractivity contribution in [2.45, 2.75) is 53.9 Å². The molecule has 0 amide bonds. The highest BCUT2D eigenvalue weighted by Crippen LogP contribution is 2.47. The zero-order chi connectivity index (χ0) is 15.8. The fraction of sp³-hybridized carbons (Fsp3) is 0.500. The molecule has 0 aliphatic rings. The third-order valence-corrected chi connectivity index (χ3v) is 4.17. The molecule has 0 radical (unpaired) electrons. The summed E-state index contributed by atoms with van der Waals surface area (Å²) in [5.41, 5.74) is 1.43. The lowest BCUT2D eigenvalue weighted by Gasteiger charge is -2.36. The predicted molar refractivity (Wildman–Crippen MR) is 91.9 cm³/mol. The Morgan fingerprint density at radius 1 is 0.905 bits per heavy atom. The molecule has 0 aromatic heterocycles. The maximum atomic E-state index is 10.8. The quantitative estimate of drug-likeness (QED) is 0.705. The highest BCUT2D eigenvalue weighted by Gasteiger charge is 2.32. The Labute approximate surface area is 129 Å². The highest BCUT2D eigenvalue weighted by atomic mass is 16.3. The molecule has 1 nitrogen and oxygen atoms in total. The van der Waals surface area contributed by atoms with Crippen LogP contribution in [0.2, 0.25) is 0 Å². The van der Waals surface area contributed by atoms with Crippen LogP contribution in [0.3, 0.4) is 0 Å². The van der Waals surface area contributed by atoms with Crippen molar-refractivity contribution in [2.75, 3.05) is 0 Å². The van der Waals surface area contributed by atoms with E-state index >= 15 is 0 Å². The average molecular weight is 284 g/mol. The molecule has 2 aromatic carbocycles. The molecular formula is C20H28O. The summed E-state index contributed by atoms with van der Waals surface area (Å²) in [5.74, 6) is 0.791. The molecule has 0 saturated heterocycles. The minimum Gasteiger partial charge on any atom is -0.507 e. The van der Waals surface area contributed by atoms with E-state index in [2.05, 4.69) is 59.7 Å². The lowest BCUT2D eigenvalue weighted by atomic mass is 9.68. The summed E-state index contributed by atoms with van der Waals surface area (Å²) in [7, 11) is 0. The summed E-state index contributed by atoms with van der Waals surface area (Å²) in [6.07, 6.45) is 1.06. The van der Waals surface area contributed by atoms with Crippen molar-refractivity contribution in [3.63, 3.8) is 0 Å². The molecule has 114 valence electrons. The van der Waals surface area contributed by atoms with Crippen LogP contribution in [-0.4, -0.2) is 5.11 Å². The summed E-state index contributed by atoms with van der Waals surface area (Å²) in [6.45, 7) is 13.6. The van der Waals surface area contributed by atoms with Crippen molar-refractivity contribution in [1.29, 1.82) is 0 Å². The van der Waals surface area contributed by atoms with E-state index in [1.807, 2.05) is 18.2 Å². The molecule has 21 heavy (non-hydrogen) atoms. The third-order valence-electron chi connectivity index (χ3n) is 4.17. The summed E-state index contributed by atoms with van der Waals surface area (Å²) in [4.78, 5) is 0. The van der Waals surface area contributed by atoms with Gasteiger partial charge in [-0.1, -0.05) is 77.9 Å². The first kappa shape index (κ1) is 15.9. The maximum absolute atomic E-state index is 10.8. The Bertz CT molecular complexity index is 626. The summed E-state index contributed by atoms with van der Waals surface area (Å²) < 4.78 is 0. The topological polar surface area (TPSA) is 20.2 Å². The van der Waals surface area contributed by atoms with Gasteiger partial charge in [-0.25, -0.2) is 0 Å². The monoisotopic (exact) mass is 284 g/mol. The van der Waals surface area contributed by atoms with E-state index in [0.717, 1.165) is 22.8 Å². The Hall–Kier alpha value is -1.50. The Morgan fingerprint density at radius 3 is 2.10 bits per heavy atom. The molecule has 0 saturated carbocycles. The molecule has 2 rings (SSSR count). The molecule has 2 aromatic rings. The van der Waals surface area contributed by atoms with Gasteiger partial charge in [0.15, 0.2) is 0 Å². The van der Waals surface area contributed by atoms with E-state index < -0.39 is 0 Å². The number of rotatable bonds is 2. The second-order valence-corrected chi connectivity index (χ2v) is 8.41. The first-order valence-electron chi connectivity index (χ1n) is 7.80. The highest BCUT2D eigenvalue weighted by molar-refractivity contribution is 5.89. The largest absolute Gasteiger partial charge is 0.507 e. The molecule has 0 aliphatic carbocycles. The van der Waals surface area contributed by atoms with Gasteiger partial charge in [0.2, 0.25) is 0 Å². The van der Waals surface area contributed by atoms with Crippen molar-refractivity contribution >= 4 is 10.8 Å². The lowest BCUT2D eigenvalue weighted by molar-refractivity contribution is 0.226. The smallest absolute Gasteiger partial charge is 0.126 e. The van der Waals surface area contributed by atoms with Crippen LogP contribution in [0.25, 0.3) is 10.8 Å². The van der Waals surface area contributed by atoms with Gasteiger partial charge in [0.1, 0.15) is 5.75 Å². The van der Waals surface area contributed by atoms with Crippen LogP contribution in [0.15, 0.2) is 36.4 Å². The van der Waals surface area contributed by atoms with Gasteiger partial charge in [0, 0.05) is 5.39 Å². The predicted octanol–water partition coefficient (Wildman–Crippen LogP) is 6.11. The van der Waals surface area contributed by atoms with Gasteiger partial charge in [-0.3, -0.25) is 0 Å². The fourth-order valence-electron chi connectivity index (χ4n) is 3.05. The zero-order valence-corrected chi connectivity index (χ0v) is 14.2. The van der Waals surface area contributed by atoms with E-state index in [4.69, 9.17) is 0 Å². The summed E-state index contributed by atoms with van der Waals surface area (Å²) in [6, 6.07) is 12.3. The number of aromatic hydroxyl groups is 1. The number of phenols is 1. The summed E-state index contributed by atoms with van der Waals surface area (Å²) in [5, 5.41) is 12.8. The lowest BCUT2D eigenvalue weighted by Crippen LogP contribution is -2.24. The molecule has 1 N–H and O–H groups in total. The van der Waals surface area contributed by atoms with Crippen molar-refractivity contribution in [3.8, 4) is 5.75 Å². The first-order valence-corrected chi connectivity index (χ1v) is 7.80. The average Bonchev–Trinajstić information content (AvgIpc) is 2.35. The molecule has 0 aliphatic heterocycles. The van der Waals surface area contributed by atoms with E-state index in [-0.39, 0.29) is 10.8 Å². The van der Waals surface area contributed by atoms with Gasteiger partial charge in [-0.2, -0.15) is 0 Å². The second kappa shape index (κ2) is 5.36. The second-order valence-electron chi connectivity index (χ2n) is 8.41. The van der Waals surface area contributed by atoms with Crippen LogP contribution in [0.1, 0.15) is 59.4 Å². The SMILES string of the molecule is CC(C)(C)CC(c1ccc2ccccc2c1O)C(C)(C)C. The molecule has 0 spiro atoms. The third kappa shape index (κ3) is 3.58. The van der Waals surface area contributed by atoms with Crippen LogP contribution >= 0.6 is 0 Å². The minimum atomic E-state index is 0.118. The van der Waals surface area contributed by atoms with Gasteiger partial charge in [0.05, 0.1) is 0 Å². The number of phenolic OH excluding ortho intramolecular Hbond substituents is 1. The van der Waals surface area contributed by atoms with Gasteiger partial charge in [-0.05, 0) is 34.1 Å². The number of hydrogen-bond acceptors (Lipinski definition) is 1. The van der Waals surface area contributed by atoms with Crippen LogP contribution in [0, 0.1) is 10.8 Å². The van der Waals surface area contributed by atoms with Crippen molar-refractivity contribution in [1.82, 2.24) is 0 Å². The van der Waals surface area contributed by atoms with Gasteiger partial charge in [-0.15, -0.1) is 0 Å². The van der Waals surface area contributed by atoms with Crippen LogP contribution in [0.4, 0.5) is 0 Å². The van der Waals surface area contributed by atoms with E-state index in [0.29, 0.717) is 11.7 Å². The Morgan fingerprint density at radius 2 is 1.52 bits per heavy atom. The van der Waals surface area contributed by atoms with Crippen molar-refractivity contribution in [3.05, 3.63) is 42.0 Å². The molecule has 0 fully saturated rings. The van der Waals surface area contributed by atoms with Crippen molar-refractivity contribution in [2.24, 2.45) is 10.8 Å². The van der Waals surface area contributed by atoms with Crippen molar-refractivity contribution < 1.29 is 5.11 Å². The van der Waals surface area contributed by atoms with Crippen LogP contribution < -0.4 is 0 Å². The molecule has 0 bridgehead atoms. The van der Waals surface area contributed by atoms with Gasteiger partial charge >= 0.3 is 0 Å². The maximum Gasteiger partial charge on any atom is 0.126 e. The van der Waals surface area contributed by atoms with Crippen LogP contribution in [0.5, 0.6) is 5.75 Å². The minimum absolute atomic E-state index is 0.118. The standard InChI is InChI=1S/C20H28O/c1-19(2,3)13-17(20(4,5)6)16-12-11-14-9-7-8-10-15(14)18(16)21/h7-12,17,21H,13H2,1-6H3. The molecule has 1 unspecified atom stereocenters. The normalized spacial score (nSPS) is 14.4. The Balaban J connectivity index is 2.57. The Kier molecular flexibility index (Phi) is 4.06. The van der Waals surface area contributed by atoms with Gasteiger partial charge < -0.3 is 5.11 Å². The molecule has 0 heterocycles. The molecule has 1 atom stereocenters. The number of benzene rings is 2. The molecule has 1 heteroatoms. The number of fused-ring (bicyclic) bond motifs is 1. The number of hydrogen-bond donors (Lipinski definition) is 1. The van der Waals surface area contributed by atoms with Crippen LogP contribution in [-0.2, 0) is 0 Å².